The smallest absolute Gasteiger partial charge is 0.243 e. The van der Waals surface area contributed by atoms with Crippen molar-refractivity contribution in [1.82, 2.24) is 10.2 Å². The SMILES string of the molecule is CC[C@@H](C)NC(=O)[C@@H](Cc1ccccc1)N(Cc1ccccc1C)C(=O)CCc1ccc2c(c1)OCCO2. The Hall–Kier alpha value is -3.80. The van der Waals surface area contributed by atoms with Crippen molar-refractivity contribution in [3.63, 3.8) is 0 Å². The molecule has 0 unspecified atom stereocenters. The van der Waals surface area contributed by atoms with E-state index >= 15 is 0 Å². The number of nitrogens with one attached hydrogen (secondary N) is 1. The summed E-state index contributed by atoms with van der Waals surface area (Å²) in [6.45, 7) is 7.51. The second kappa shape index (κ2) is 13.1. The summed E-state index contributed by atoms with van der Waals surface area (Å²) < 4.78 is 11.4. The van der Waals surface area contributed by atoms with Gasteiger partial charge in [0.1, 0.15) is 19.3 Å². The number of benzene rings is 3. The van der Waals surface area contributed by atoms with E-state index in [1.54, 1.807) is 4.90 Å². The van der Waals surface area contributed by atoms with E-state index < -0.39 is 6.04 Å². The van der Waals surface area contributed by atoms with E-state index in [1.807, 2.05) is 93.6 Å². The number of rotatable bonds is 11. The van der Waals surface area contributed by atoms with E-state index in [4.69, 9.17) is 9.47 Å². The molecule has 2 atom stereocenters. The van der Waals surface area contributed by atoms with Gasteiger partial charge < -0.3 is 19.7 Å². The van der Waals surface area contributed by atoms with Gasteiger partial charge in [-0.15, -0.1) is 0 Å². The van der Waals surface area contributed by atoms with Crippen LogP contribution in [0.1, 0.15) is 48.9 Å². The molecule has 6 nitrogen and oxygen atoms in total. The summed E-state index contributed by atoms with van der Waals surface area (Å²) >= 11 is 0. The normalized spacial score (nSPS) is 13.9. The fourth-order valence-electron chi connectivity index (χ4n) is 4.60. The van der Waals surface area contributed by atoms with Crippen LogP contribution >= 0.6 is 0 Å². The highest BCUT2D eigenvalue weighted by Crippen LogP contribution is 2.31. The molecule has 4 rings (SSSR count). The summed E-state index contributed by atoms with van der Waals surface area (Å²) in [5.41, 5.74) is 4.15. The van der Waals surface area contributed by atoms with E-state index in [-0.39, 0.29) is 24.3 Å². The van der Waals surface area contributed by atoms with Crippen molar-refractivity contribution in [2.75, 3.05) is 13.2 Å². The Kier molecular flexibility index (Phi) is 9.41. The Morgan fingerprint density at radius 3 is 2.37 bits per heavy atom. The van der Waals surface area contributed by atoms with E-state index in [1.165, 1.54) is 0 Å². The molecule has 1 aliphatic rings. The highest BCUT2D eigenvalue weighted by molar-refractivity contribution is 5.88. The van der Waals surface area contributed by atoms with Gasteiger partial charge in [-0.1, -0.05) is 67.6 Å². The predicted octanol–water partition coefficient (Wildman–Crippen LogP) is 5.25. The Morgan fingerprint density at radius 1 is 0.921 bits per heavy atom. The van der Waals surface area contributed by atoms with Crippen molar-refractivity contribution in [3.8, 4) is 11.5 Å². The van der Waals surface area contributed by atoms with E-state index in [0.717, 1.165) is 34.4 Å². The standard InChI is InChI=1S/C32H38N2O4/c1-4-24(3)33-32(36)28(20-25-11-6-5-7-12-25)34(22-27-13-9-8-10-23(27)2)31(35)17-15-26-14-16-29-30(21-26)38-19-18-37-29/h5-14,16,21,24,28H,4,15,17-20,22H2,1-3H3,(H,33,36)/t24-,28-/m1/s1. The number of amides is 2. The monoisotopic (exact) mass is 514 g/mol. The van der Waals surface area contributed by atoms with Gasteiger partial charge >= 0.3 is 0 Å². The Labute approximate surface area is 226 Å². The molecule has 0 saturated heterocycles. The number of fused-ring (bicyclic) bond motifs is 1. The first kappa shape index (κ1) is 27.2. The van der Waals surface area contributed by atoms with Gasteiger partial charge in [0, 0.05) is 25.4 Å². The Bertz CT molecular complexity index is 1230. The Balaban J connectivity index is 1.60. The Morgan fingerprint density at radius 2 is 1.63 bits per heavy atom. The zero-order valence-corrected chi connectivity index (χ0v) is 22.6. The lowest BCUT2D eigenvalue weighted by Crippen LogP contribution is -2.52. The molecule has 0 bridgehead atoms. The number of carbonyl (C=O) groups is 2. The van der Waals surface area contributed by atoms with Gasteiger partial charge in [-0.25, -0.2) is 0 Å². The van der Waals surface area contributed by atoms with Crippen molar-refractivity contribution < 1.29 is 19.1 Å². The first-order valence-electron chi connectivity index (χ1n) is 13.5. The van der Waals surface area contributed by atoms with Gasteiger partial charge in [-0.05, 0) is 61.1 Å². The molecule has 3 aromatic carbocycles. The molecule has 38 heavy (non-hydrogen) atoms. The molecule has 3 aromatic rings. The summed E-state index contributed by atoms with van der Waals surface area (Å²) in [6, 6.07) is 23.2. The first-order chi connectivity index (χ1) is 18.4. The average Bonchev–Trinajstić information content (AvgIpc) is 2.94. The third-order valence-electron chi connectivity index (χ3n) is 7.11. The largest absolute Gasteiger partial charge is 0.486 e. The fraction of sp³-hybridized carbons (Fsp3) is 0.375. The molecule has 1 heterocycles. The first-order valence-corrected chi connectivity index (χ1v) is 13.5. The van der Waals surface area contributed by atoms with Crippen molar-refractivity contribution in [2.24, 2.45) is 0 Å². The molecular formula is C32H38N2O4. The summed E-state index contributed by atoms with van der Waals surface area (Å²) in [5, 5.41) is 3.13. The van der Waals surface area contributed by atoms with Crippen LogP contribution in [0.15, 0.2) is 72.8 Å². The van der Waals surface area contributed by atoms with Crippen LogP contribution in [0, 0.1) is 6.92 Å². The molecular weight excluding hydrogens is 476 g/mol. The number of carbonyl (C=O) groups excluding carboxylic acids is 2. The van der Waals surface area contributed by atoms with E-state index in [2.05, 4.69) is 5.32 Å². The van der Waals surface area contributed by atoms with E-state index in [0.29, 0.717) is 38.3 Å². The van der Waals surface area contributed by atoms with Crippen LogP contribution in [-0.2, 0) is 29.0 Å². The lowest BCUT2D eigenvalue weighted by Gasteiger charge is -2.33. The van der Waals surface area contributed by atoms with Crippen molar-refractivity contribution in [1.29, 1.82) is 0 Å². The molecule has 0 aliphatic carbocycles. The molecule has 0 saturated carbocycles. The second-order valence-electron chi connectivity index (χ2n) is 9.95. The molecule has 0 fully saturated rings. The molecule has 0 radical (unpaired) electrons. The molecule has 0 spiro atoms. The third kappa shape index (κ3) is 7.15. The minimum Gasteiger partial charge on any atom is -0.486 e. The third-order valence-corrected chi connectivity index (χ3v) is 7.11. The number of ether oxygens (including phenoxy) is 2. The summed E-state index contributed by atoms with van der Waals surface area (Å²) in [6.07, 6.45) is 2.10. The minimum atomic E-state index is -0.626. The van der Waals surface area contributed by atoms with Crippen LogP contribution in [0.3, 0.4) is 0 Å². The van der Waals surface area contributed by atoms with Crippen LogP contribution < -0.4 is 14.8 Å². The van der Waals surface area contributed by atoms with Crippen molar-refractivity contribution in [3.05, 3.63) is 95.1 Å². The zero-order valence-electron chi connectivity index (χ0n) is 22.6. The van der Waals surface area contributed by atoms with Crippen LogP contribution in [0.2, 0.25) is 0 Å². The van der Waals surface area contributed by atoms with Gasteiger partial charge in [0.15, 0.2) is 11.5 Å². The second-order valence-corrected chi connectivity index (χ2v) is 9.95. The van der Waals surface area contributed by atoms with Crippen molar-refractivity contribution >= 4 is 11.8 Å². The summed E-state index contributed by atoms with van der Waals surface area (Å²) in [7, 11) is 0. The highest BCUT2D eigenvalue weighted by atomic mass is 16.6. The zero-order chi connectivity index (χ0) is 26.9. The molecule has 2 amide bonds. The van der Waals surface area contributed by atoms with Gasteiger partial charge in [0.05, 0.1) is 0 Å². The topological polar surface area (TPSA) is 67.9 Å². The van der Waals surface area contributed by atoms with Gasteiger partial charge in [-0.2, -0.15) is 0 Å². The lowest BCUT2D eigenvalue weighted by molar-refractivity contribution is -0.141. The maximum atomic E-state index is 13.9. The maximum Gasteiger partial charge on any atom is 0.243 e. The lowest BCUT2D eigenvalue weighted by atomic mass is 10.00. The van der Waals surface area contributed by atoms with Gasteiger partial charge in [0.2, 0.25) is 11.8 Å². The van der Waals surface area contributed by atoms with Crippen LogP contribution in [-0.4, -0.2) is 42.0 Å². The van der Waals surface area contributed by atoms with Crippen LogP contribution in [0.25, 0.3) is 0 Å². The quantitative estimate of drug-likeness (QED) is 0.379. The minimum absolute atomic E-state index is 0.0221. The average molecular weight is 515 g/mol. The maximum absolute atomic E-state index is 13.9. The van der Waals surface area contributed by atoms with Gasteiger partial charge in [-0.3, -0.25) is 9.59 Å². The molecule has 0 aromatic heterocycles. The predicted molar refractivity (Wildman–Crippen MR) is 149 cm³/mol. The van der Waals surface area contributed by atoms with Gasteiger partial charge in [0.25, 0.3) is 0 Å². The number of aryl methyl sites for hydroxylation is 2. The highest BCUT2D eigenvalue weighted by Gasteiger charge is 2.31. The summed E-state index contributed by atoms with van der Waals surface area (Å²) in [4.78, 5) is 29.3. The van der Waals surface area contributed by atoms with Crippen LogP contribution in [0.5, 0.6) is 11.5 Å². The fourth-order valence-corrected chi connectivity index (χ4v) is 4.60. The molecule has 6 heteroatoms. The van der Waals surface area contributed by atoms with Crippen LogP contribution in [0.4, 0.5) is 0 Å². The number of hydrogen-bond acceptors (Lipinski definition) is 4. The molecule has 1 N–H and O–H groups in total. The van der Waals surface area contributed by atoms with E-state index in [9.17, 15) is 9.59 Å². The van der Waals surface area contributed by atoms with Crippen molar-refractivity contribution in [2.45, 2.75) is 65.1 Å². The molecule has 200 valence electrons. The summed E-state index contributed by atoms with van der Waals surface area (Å²) in [5.74, 6) is 1.28. The number of nitrogens with zero attached hydrogens (tertiary/aromatic N) is 1. The number of hydrogen-bond donors (Lipinski definition) is 1. The molecule has 1 aliphatic heterocycles.